The lowest BCUT2D eigenvalue weighted by molar-refractivity contribution is -0.119. The first-order valence-corrected chi connectivity index (χ1v) is 5.83. The molecule has 104 valence electrons. The van der Waals surface area contributed by atoms with Crippen molar-refractivity contribution >= 4 is 11.6 Å². The Morgan fingerprint density at radius 3 is 2.74 bits per heavy atom. The van der Waals surface area contributed by atoms with Crippen LogP contribution in [0.5, 0.6) is 0 Å². The second kappa shape index (κ2) is 6.03. The Bertz CT molecular complexity index is 476. The summed E-state index contributed by atoms with van der Waals surface area (Å²) in [7, 11) is 0. The minimum atomic E-state index is -1.30. The Kier molecular flexibility index (Phi) is 4.39. The van der Waals surface area contributed by atoms with Crippen LogP contribution in [0.25, 0.3) is 0 Å². The van der Waals surface area contributed by atoms with Crippen molar-refractivity contribution in [2.24, 2.45) is 0 Å². The fourth-order valence-corrected chi connectivity index (χ4v) is 1.78. The molecule has 1 aliphatic heterocycles. The number of rotatable bonds is 3. The van der Waals surface area contributed by atoms with Gasteiger partial charge in [0.05, 0.1) is 24.8 Å². The van der Waals surface area contributed by atoms with Crippen LogP contribution in [0.1, 0.15) is 6.42 Å². The second-order valence-corrected chi connectivity index (χ2v) is 4.20. The van der Waals surface area contributed by atoms with Crippen LogP contribution >= 0.6 is 0 Å². The summed E-state index contributed by atoms with van der Waals surface area (Å²) in [4.78, 5) is 11.6. The van der Waals surface area contributed by atoms with Gasteiger partial charge < -0.3 is 15.4 Å². The molecule has 1 aromatic rings. The summed E-state index contributed by atoms with van der Waals surface area (Å²) in [5.74, 6) is -4.05. The Balaban J connectivity index is 1.96. The Morgan fingerprint density at radius 1 is 1.32 bits per heavy atom. The molecule has 1 heterocycles. The molecule has 1 amide bonds. The predicted octanol–water partition coefficient (Wildman–Crippen LogP) is 1.42. The zero-order valence-corrected chi connectivity index (χ0v) is 10.0. The number of benzene rings is 1. The average Bonchev–Trinajstić information content (AvgIpc) is 2.37. The fourth-order valence-electron chi connectivity index (χ4n) is 1.78. The maximum absolute atomic E-state index is 13.3. The molecule has 1 fully saturated rings. The van der Waals surface area contributed by atoms with Crippen molar-refractivity contribution in [1.82, 2.24) is 5.32 Å². The second-order valence-electron chi connectivity index (χ2n) is 4.20. The molecule has 7 heteroatoms. The SMILES string of the molecule is O=C(CC1CNCCO1)Nc1cc(F)c(F)cc1F. The highest BCUT2D eigenvalue weighted by molar-refractivity contribution is 5.91. The molecule has 1 saturated heterocycles. The lowest BCUT2D eigenvalue weighted by Crippen LogP contribution is -2.40. The van der Waals surface area contributed by atoms with Gasteiger partial charge in [0, 0.05) is 25.2 Å². The third-order valence-electron chi connectivity index (χ3n) is 2.70. The van der Waals surface area contributed by atoms with E-state index < -0.39 is 23.4 Å². The molecule has 1 unspecified atom stereocenters. The topological polar surface area (TPSA) is 50.4 Å². The summed E-state index contributed by atoms with van der Waals surface area (Å²) in [5.41, 5.74) is -0.382. The molecule has 2 N–H and O–H groups in total. The number of anilines is 1. The predicted molar refractivity (Wildman–Crippen MR) is 62.2 cm³/mol. The first-order valence-electron chi connectivity index (χ1n) is 5.83. The van der Waals surface area contributed by atoms with Gasteiger partial charge in [-0.15, -0.1) is 0 Å². The van der Waals surface area contributed by atoms with E-state index in [2.05, 4.69) is 10.6 Å². The van der Waals surface area contributed by atoms with Gasteiger partial charge in [-0.3, -0.25) is 4.79 Å². The minimum absolute atomic E-state index is 0.0193. The Morgan fingerprint density at radius 2 is 2.05 bits per heavy atom. The van der Waals surface area contributed by atoms with Crippen LogP contribution in [0.3, 0.4) is 0 Å². The quantitative estimate of drug-likeness (QED) is 0.820. The van der Waals surface area contributed by atoms with Gasteiger partial charge in [-0.05, 0) is 0 Å². The molecule has 1 atom stereocenters. The van der Waals surface area contributed by atoms with E-state index in [9.17, 15) is 18.0 Å². The molecule has 1 aromatic carbocycles. The molecule has 19 heavy (non-hydrogen) atoms. The van der Waals surface area contributed by atoms with Crippen LogP contribution in [0, 0.1) is 17.5 Å². The van der Waals surface area contributed by atoms with Gasteiger partial charge in [-0.2, -0.15) is 0 Å². The number of morpholine rings is 1. The highest BCUT2D eigenvalue weighted by Gasteiger charge is 2.19. The number of hydrogen-bond acceptors (Lipinski definition) is 3. The van der Waals surface area contributed by atoms with E-state index in [-0.39, 0.29) is 18.2 Å². The third-order valence-corrected chi connectivity index (χ3v) is 2.70. The largest absolute Gasteiger partial charge is 0.375 e. The van der Waals surface area contributed by atoms with Crippen molar-refractivity contribution in [3.63, 3.8) is 0 Å². The van der Waals surface area contributed by atoms with Gasteiger partial charge in [0.1, 0.15) is 5.82 Å². The molecule has 2 rings (SSSR count). The summed E-state index contributed by atoms with van der Waals surface area (Å²) in [6.45, 7) is 1.74. The van der Waals surface area contributed by atoms with E-state index in [1.165, 1.54) is 0 Å². The fraction of sp³-hybridized carbons (Fsp3) is 0.417. The molecule has 0 aromatic heterocycles. The number of nitrogens with one attached hydrogen (secondary N) is 2. The summed E-state index contributed by atoms with van der Waals surface area (Å²) >= 11 is 0. The van der Waals surface area contributed by atoms with Crippen molar-refractivity contribution in [3.8, 4) is 0 Å². The maximum atomic E-state index is 13.3. The lowest BCUT2D eigenvalue weighted by atomic mass is 10.2. The number of hydrogen-bond donors (Lipinski definition) is 2. The van der Waals surface area contributed by atoms with Crippen LogP contribution in [0.15, 0.2) is 12.1 Å². The molecular formula is C12H13F3N2O2. The highest BCUT2D eigenvalue weighted by atomic mass is 19.2. The normalized spacial score (nSPS) is 19.2. The summed E-state index contributed by atoms with van der Waals surface area (Å²) in [5, 5.41) is 5.24. The van der Waals surface area contributed by atoms with Crippen molar-refractivity contribution in [2.45, 2.75) is 12.5 Å². The molecule has 0 bridgehead atoms. The van der Waals surface area contributed by atoms with Gasteiger partial charge in [-0.25, -0.2) is 13.2 Å². The lowest BCUT2D eigenvalue weighted by Gasteiger charge is -2.23. The van der Waals surface area contributed by atoms with Gasteiger partial charge in [0.2, 0.25) is 5.91 Å². The number of amides is 1. The molecule has 0 spiro atoms. The van der Waals surface area contributed by atoms with Crippen LogP contribution in [-0.2, 0) is 9.53 Å². The smallest absolute Gasteiger partial charge is 0.227 e. The first kappa shape index (κ1) is 13.8. The van der Waals surface area contributed by atoms with Crippen LogP contribution in [0.4, 0.5) is 18.9 Å². The van der Waals surface area contributed by atoms with Crippen molar-refractivity contribution in [3.05, 3.63) is 29.6 Å². The molecule has 0 radical (unpaired) electrons. The molecule has 0 aliphatic carbocycles. The number of carbonyl (C=O) groups excluding carboxylic acids is 1. The van der Waals surface area contributed by atoms with Crippen molar-refractivity contribution < 1.29 is 22.7 Å². The van der Waals surface area contributed by atoms with Gasteiger partial charge in [0.15, 0.2) is 11.6 Å². The monoisotopic (exact) mass is 274 g/mol. The number of halogens is 3. The van der Waals surface area contributed by atoms with E-state index in [1.54, 1.807) is 0 Å². The Labute approximate surface area is 107 Å². The van der Waals surface area contributed by atoms with Crippen LogP contribution in [0.2, 0.25) is 0 Å². The summed E-state index contributed by atoms with van der Waals surface area (Å²) in [6, 6.07) is 1.01. The average molecular weight is 274 g/mol. The minimum Gasteiger partial charge on any atom is -0.375 e. The summed E-state index contributed by atoms with van der Waals surface area (Å²) in [6.07, 6.45) is -0.284. The van der Waals surface area contributed by atoms with Gasteiger partial charge in [-0.1, -0.05) is 0 Å². The van der Waals surface area contributed by atoms with E-state index in [0.29, 0.717) is 25.3 Å². The zero-order valence-electron chi connectivity index (χ0n) is 10.0. The van der Waals surface area contributed by atoms with Crippen molar-refractivity contribution in [2.75, 3.05) is 25.0 Å². The number of carbonyl (C=O) groups is 1. The molecule has 1 aliphatic rings. The molecule has 0 saturated carbocycles. The van der Waals surface area contributed by atoms with Crippen LogP contribution in [-0.4, -0.2) is 31.7 Å². The van der Waals surface area contributed by atoms with Gasteiger partial charge >= 0.3 is 0 Å². The van der Waals surface area contributed by atoms with Crippen molar-refractivity contribution in [1.29, 1.82) is 0 Å². The highest BCUT2D eigenvalue weighted by Crippen LogP contribution is 2.18. The maximum Gasteiger partial charge on any atom is 0.227 e. The van der Waals surface area contributed by atoms with Crippen LogP contribution < -0.4 is 10.6 Å². The van der Waals surface area contributed by atoms with E-state index >= 15 is 0 Å². The van der Waals surface area contributed by atoms with Gasteiger partial charge in [0.25, 0.3) is 0 Å². The first-order chi connectivity index (χ1) is 9.06. The van der Waals surface area contributed by atoms with E-state index in [0.717, 1.165) is 6.54 Å². The number of ether oxygens (including phenoxy) is 1. The standard InChI is InChI=1S/C12H13F3N2O2/c13-8-4-10(15)11(5-9(8)14)17-12(18)3-7-6-16-1-2-19-7/h4-5,7,16H,1-3,6H2,(H,17,18). The molecular weight excluding hydrogens is 261 g/mol. The molecule has 4 nitrogen and oxygen atoms in total. The zero-order chi connectivity index (χ0) is 13.8. The van der Waals surface area contributed by atoms with E-state index in [4.69, 9.17) is 4.74 Å². The summed E-state index contributed by atoms with van der Waals surface area (Å²) < 4.78 is 44.3. The van der Waals surface area contributed by atoms with E-state index in [1.807, 2.05) is 0 Å². The third kappa shape index (κ3) is 3.68. The Hall–Kier alpha value is -1.60.